The number of nitrogens with zero attached hydrogens (tertiary/aromatic N) is 2. The summed E-state index contributed by atoms with van der Waals surface area (Å²) in [7, 11) is 1.60. The molecule has 23 heavy (non-hydrogen) atoms. The van der Waals surface area contributed by atoms with E-state index in [1.54, 1.807) is 19.4 Å². The standard InChI is InChI=1S/C15H18N4O3S/c1-9(13(20)21)11-8-23-15(18-11)19-14(16)17-7-10-5-3-4-6-12(10)22-2/h3-6,8-9H,7H2,1-2H3,(H,20,21)(H3,16,17,18,19). The first kappa shape index (κ1) is 16.8. The fourth-order valence-corrected chi connectivity index (χ4v) is 2.63. The van der Waals surface area contributed by atoms with Crippen LogP contribution in [0.5, 0.6) is 5.75 Å². The number of carbonyl (C=O) groups is 1. The summed E-state index contributed by atoms with van der Waals surface area (Å²) >= 11 is 1.28. The summed E-state index contributed by atoms with van der Waals surface area (Å²) < 4.78 is 5.25. The van der Waals surface area contributed by atoms with Gasteiger partial charge in [-0.05, 0) is 13.0 Å². The van der Waals surface area contributed by atoms with Crippen molar-refractivity contribution >= 4 is 28.4 Å². The molecule has 1 aromatic heterocycles. The summed E-state index contributed by atoms with van der Waals surface area (Å²) in [5, 5.41) is 14.0. The molecule has 4 N–H and O–H groups in total. The van der Waals surface area contributed by atoms with Gasteiger partial charge in [-0.25, -0.2) is 9.98 Å². The van der Waals surface area contributed by atoms with Crippen LogP contribution in [0.15, 0.2) is 34.6 Å². The molecule has 122 valence electrons. The van der Waals surface area contributed by atoms with Gasteiger partial charge in [0.1, 0.15) is 5.75 Å². The van der Waals surface area contributed by atoms with E-state index in [2.05, 4.69) is 15.3 Å². The molecular weight excluding hydrogens is 316 g/mol. The minimum atomic E-state index is -0.917. The number of thiazole rings is 1. The number of anilines is 1. The Morgan fingerprint density at radius 3 is 2.96 bits per heavy atom. The van der Waals surface area contributed by atoms with E-state index in [-0.39, 0.29) is 5.96 Å². The number of hydrogen-bond acceptors (Lipinski definition) is 5. The highest BCUT2D eigenvalue weighted by molar-refractivity contribution is 7.14. The fraction of sp³-hybridized carbons (Fsp3) is 0.267. The molecule has 0 radical (unpaired) electrons. The van der Waals surface area contributed by atoms with Crippen molar-refractivity contribution < 1.29 is 14.6 Å². The van der Waals surface area contributed by atoms with Gasteiger partial charge >= 0.3 is 5.97 Å². The number of aromatic nitrogens is 1. The predicted octanol–water partition coefficient (Wildman–Crippen LogP) is 2.27. The SMILES string of the molecule is COc1ccccc1CN=C(N)Nc1nc(C(C)C(=O)O)cs1. The lowest BCUT2D eigenvalue weighted by Crippen LogP contribution is -2.22. The summed E-state index contributed by atoms with van der Waals surface area (Å²) in [6, 6.07) is 7.55. The van der Waals surface area contributed by atoms with Gasteiger partial charge in [0.05, 0.1) is 25.3 Å². The molecule has 2 rings (SSSR count). The fourth-order valence-electron chi connectivity index (χ4n) is 1.82. The molecule has 0 amide bonds. The Bertz CT molecular complexity index is 714. The zero-order valence-electron chi connectivity index (χ0n) is 12.8. The Hall–Kier alpha value is -2.61. The molecule has 0 aliphatic rings. The number of nitrogens with one attached hydrogen (secondary N) is 1. The van der Waals surface area contributed by atoms with E-state index < -0.39 is 11.9 Å². The van der Waals surface area contributed by atoms with Crippen LogP contribution < -0.4 is 15.8 Å². The number of ether oxygens (including phenoxy) is 1. The normalized spacial score (nSPS) is 12.7. The molecule has 1 heterocycles. The first-order valence-electron chi connectivity index (χ1n) is 6.88. The second-order valence-corrected chi connectivity index (χ2v) is 5.63. The van der Waals surface area contributed by atoms with E-state index in [1.165, 1.54) is 11.3 Å². The van der Waals surface area contributed by atoms with Crippen molar-refractivity contribution in [2.24, 2.45) is 10.7 Å². The van der Waals surface area contributed by atoms with Gasteiger partial charge in [0.25, 0.3) is 0 Å². The quantitative estimate of drug-likeness (QED) is 0.552. The van der Waals surface area contributed by atoms with Crippen molar-refractivity contribution in [3.05, 3.63) is 40.9 Å². The van der Waals surface area contributed by atoms with Gasteiger partial charge in [-0.1, -0.05) is 18.2 Å². The smallest absolute Gasteiger partial charge is 0.312 e. The van der Waals surface area contributed by atoms with Gasteiger partial charge in [0.15, 0.2) is 11.1 Å². The first-order valence-corrected chi connectivity index (χ1v) is 7.76. The predicted molar refractivity (Wildman–Crippen MR) is 90.1 cm³/mol. The van der Waals surface area contributed by atoms with Gasteiger partial charge in [0, 0.05) is 10.9 Å². The van der Waals surface area contributed by atoms with E-state index in [9.17, 15) is 4.79 Å². The number of rotatable bonds is 6. The molecule has 1 unspecified atom stereocenters. The molecule has 1 atom stereocenters. The van der Waals surface area contributed by atoms with Gasteiger partial charge < -0.3 is 20.9 Å². The first-order chi connectivity index (χ1) is 11.0. The van der Waals surface area contributed by atoms with Crippen molar-refractivity contribution in [1.82, 2.24) is 4.98 Å². The van der Waals surface area contributed by atoms with E-state index >= 15 is 0 Å². The zero-order valence-corrected chi connectivity index (χ0v) is 13.6. The third-order valence-electron chi connectivity index (χ3n) is 3.18. The molecule has 0 aliphatic heterocycles. The number of carboxylic acid groups (broad SMARTS) is 1. The number of guanidine groups is 1. The molecule has 0 aliphatic carbocycles. The lowest BCUT2D eigenvalue weighted by molar-refractivity contribution is -0.138. The average molecular weight is 334 g/mol. The number of nitrogens with two attached hydrogens (primary N) is 1. The summed E-state index contributed by atoms with van der Waals surface area (Å²) in [4.78, 5) is 19.4. The highest BCUT2D eigenvalue weighted by Crippen LogP contribution is 2.22. The van der Waals surface area contributed by atoms with Crippen LogP contribution in [0, 0.1) is 0 Å². The zero-order chi connectivity index (χ0) is 16.8. The topological polar surface area (TPSA) is 110 Å². The molecule has 2 aromatic rings. The van der Waals surface area contributed by atoms with E-state index in [0.717, 1.165) is 11.3 Å². The molecule has 0 spiro atoms. The number of aliphatic imine (C=N–C) groups is 1. The maximum Gasteiger partial charge on any atom is 0.312 e. The largest absolute Gasteiger partial charge is 0.496 e. The third kappa shape index (κ3) is 4.43. The Morgan fingerprint density at radius 2 is 2.26 bits per heavy atom. The Balaban J connectivity index is 2.01. The molecule has 7 nitrogen and oxygen atoms in total. The van der Waals surface area contributed by atoms with Crippen LogP contribution in [-0.4, -0.2) is 29.1 Å². The number of hydrogen-bond donors (Lipinski definition) is 3. The van der Waals surface area contributed by atoms with Crippen LogP contribution in [0.2, 0.25) is 0 Å². The van der Waals surface area contributed by atoms with Crippen molar-refractivity contribution in [2.75, 3.05) is 12.4 Å². The van der Waals surface area contributed by atoms with E-state index in [4.69, 9.17) is 15.6 Å². The monoisotopic (exact) mass is 334 g/mol. The van der Waals surface area contributed by atoms with Crippen LogP contribution in [0.3, 0.4) is 0 Å². The van der Waals surface area contributed by atoms with Gasteiger partial charge in [-0.2, -0.15) is 0 Å². The number of aliphatic carboxylic acids is 1. The lowest BCUT2D eigenvalue weighted by Gasteiger charge is -2.06. The highest BCUT2D eigenvalue weighted by atomic mass is 32.1. The number of carboxylic acids is 1. The van der Waals surface area contributed by atoms with Crippen molar-refractivity contribution in [3.63, 3.8) is 0 Å². The summed E-state index contributed by atoms with van der Waals surface area (Å²) in [5.74, 6) is -0.621. The molecular formula is C15H18N4O3S. The minimum absolute atomic E-state index is 0.208. The highest BCUT2D eigenvalue weighted by Gasteiger charge is 2.17. The summed E-state index contributed by atoms with van der Waals surface area (Å²) in [6.07, 6.45) is 0. The second kappa shape index (κ2) is 7.59. The number of benzene rings is 1. The van der Waals surface area contributed by atoms with E-state index in [1.807, 2.05) is 24.3 Å². The molecule has 0 fully saturated rings. The molecule has 1 aromatic carbocycles. The molecule has 8 heteroatoms. The maximum atomic E-state index is 10.9. The number of para-hydroxylation sites is 1. The second-order valence-electron chi connectivity index (χ2n) is 4.78. The Labute approximate surface area is 137 Å². The van der Waals surface area contributed by atoms with Crippen LogP contribution in [0.25, 0.3) is 0 Å². The van der Waals surface area contributed by atoms with E-state index in [0.29, 0.717) is 17.4 Å². The van der Waals surface area contributed by atoms with Crippen molar-refractivity contribution in [1.29, 1.82) is 0 Å². The summed E-state index contributed by atoms with van der Waals surface area (Å²) in [5.41, 5.74) is 7.24. The van der Waals surface area contributed by atoms with Crippen LogP contribution in [0.1, 0.15) is 24.1 Å². The third-order valence-corrected chi connectivity index (χ3v) is 3.96. The average Bonchev–Trinajstić information content (AvgIpc) is 3.00. The molecule has 0 saturated carbocycles. The van der Waals surface area contributed by atoms with Crippen LogP contribution >= 0.6 is 11.3 Å². The van der Waals surface area contributed by atoms with Crippen LogP contribution in [-0.2, 0) is 11.3 Å². The Morgan fingerprint density at radius 1 is 1.52 bits per heavy atom. The molecule has 0 saturated heterocycles. The van der Waals surface area contributed by atoms with Crippen molar-refractivity contribution in [2.45, 2.75) is 19.4 Å². The molecule has 0 bridgehead atoms. The summed E-state index contributed by atoms with van der Waals surface area (Å²) in [6.45, 7) is 1.95. The van der Waals surface area contributed by atoms with Gasteiger partial charge in [0.2, 0.25) is 0 Å². The van der Waals surface area contributed by atoms with Crippen LogP contribution in [0.4, 0.5) is 5.13 Å². The van der Waals surface area contributed by atoms with Gasteiger partial charge in [-0.3, -0.25) is 4.79 Å². The lowest BCUT2D eigenvalue weighted by atomic mass is 10.1. The Kier molecular flexibility index (Phi) is 5.53. The van der Waals surface area contributed by atoms with Gasteiger partial charge in [-0.15, -0.1) is 11.3 Å². The minimum Gasteiger partial charge on any atom is -0.496 e. The number of methoxy groups -OCH3 is 1. The van der Waals surface area contributed by atoms with Crippen molar-refractivity contribution in [3.8, 4) is 5.75 Å². The maximum absolute atomic E-state index is 10.9.